The first-order valence-electron chi connectivity index (χ1n) is 4.27. The fourth-order valence-corrected chi connectivity index (χ4v) is 0.765. The number of rotatable bonds is 4. The molecule has 0 heterocycles. The minimum Gasteiger partial charge on any atom is -0.316 e. The number of hydrogen-bond acceptors (Lipinski definition) is 1. The molecule has 0 aliphatic heterocycles. The topological polar surface area (TPSA) is 12.0 Å². The molecular weight excluding hydrogens is 122 g/mol. The number of unbranched alkanes of at least 4 members (excludes halogenated alkanes) is 1. The van der Waals surface area contributed by atoms with Crippen LogP contribution in [0.3, 0.4) is 0 Å². The Bertz CT molecular complexity index is 71.3. The zero-order valence-electron chi connectivity index (χ0n) is 7.83. The fraction of sp³-hybridized carbons (Fsp3) is 1.00. The fourth-order valence-electron chi connectivity index (χ4n) is 0.765. The van der Waals surface area contributed by atoms with Crippen molar-refractivity contribution in [2.75, 3.05) is 13.1 Å². The van der Waals surface area contributed by atoms with Gasteiger partial charge in [-0.3, -0.25) is 0 Å². The van der Waals surface area contributed by atoms with E-state index in [1.807, 2.05) is 0 Å². The van der Waals surface area contributed by atoms with Crippen LogP contribution in [-0.2, 0) is 0 Å². The van der Waals surface area contributed by atoms with Crippen LogP contribution in [0, 0.1) is 5.41 Å². The lowest BCUT2D eigenvalue weighted by atomic mass is 9.97. The normalized spacial score (nSPS) is 12.0. The molecule has 1 nitrogen and oxygen atoms in total. The first kappa shape index (κ1) is 9.96. The molecule has 0 rings (SSSR count). The minimum atomic E-state index is 0.438. The predicted molar refractivity (Wildman–Crippen MR) is 47.2 cm³/mol. The van der Waals surface area contributed by atoms with Crippen LogP contribution >= 0.6 is 0 Å². The summed E-state index contributed by atoms with van der Waals surface area (Å²) < 4.78 is 0. The first-order chi connectivity index (χ1) is 4.56. The van der Waals surface area contributed by atoms with Crippen LogP contribution in [-0.4, -0.2) is 13.1 Å². The van der Waals surface area contributed by atoms with E-state index in [0.717, 1.165) is 6.54 Å². The molecule has 0 aliphatic rings. The van der Waals surface area contributed by atoms with Crippen molar-refractivity contribution in [3.8, 4) is 0 Å². The molecule has 1 heteroatoms. The molecule has 0 amide bonds. The van der Waals surface area contributed by atoms with Gasteiger partial charge in [0.15, 0.2) is 0 Å². The Balaban J connectivity index is 3.04. The Labute approximate surface area is 65.2 Å². The van der Waals surface area contributed by atoms with Crippen molar-refractivity contribution in [2.24, 2.45) is 5.41 Å². The summed E-state index contributed by atoms with van der Waals surface area (Å²) in [6.45, 7) is 11.3. The monoisotopic (exact) mass is 143 g/mol. The molecule has 0 radical (unpaired) electrons. The van der Waals surface area contributed by atoms with Crippen molar-refractivity contribution in [3.05, 3.63) is 0 Å². The summed E-state index contributed by atoms with van der Waals surface area (Å²) in [6.07, 6.45) is 2.59. The highest BCUT2D eigenvalue weighted by Crippen LogP contribution is 2.09. The average molecular weight is 143 g/mol. The van der Waals surface area contributed by atoms with Crippen LogP contribution in [0.4, 0.5) is 0 Å². The van der Waals surface area contributed by atoms with Crippen molar-refractivity contribution in [3.63, 3.8) is 0 Å². The van der Waals surface area contributed by atoms with Gasteiger partial charge in [-0.05, 0) is 24.9 Å². The molecular formula is C9H21N. The third-order valence-corrected chi connectivity index (χ3v) is 1.36. The van der Waals surface area contributed by atoms with Crippen LogP contribution < -0.4 is 5.32 Å². The Kier molecular flexibility index (Phi) is 4.71. The third kappa shape index (κ3) is 7.96. The van der Waals surface area contributed by atoms with Crippen LogP contribution in [0.15, 0.2) is 0 Å². The lowest BCUT2D eigenvalue weighted by molar-refractivity contribution is 0.379. The molecule has 0 aromatic carbocycles. The Morgan fingerprint density at radius 2 is 1.80 bits per heavy atom. The Morgan fingerprint density at radius 3 is 2.20 bits per heavy atom. The highest BCUT2D eigenvalue weighted by molar-refractivity contribution is 4.64. The molecule has 0 aromatic heterocycles. The van der Waals surface area contributed by atoms with E-state index in [0.29, 0.717) is 5.41 Å². The van der Waals surface area contributed by atoms with E-state index in [9.17, 15) is 0 Å². The Morgan fingerprint density at radius 1 is 1.20 bits per heavy atom. The first-order valence-corrected chi connectivity index (χ1v) is 4.27. The summed E-state index contributed by atoms with van der Waals surface area (Å²) in [6, 6.07) is 0. The van der Waals surface area contributed by atoms with E-state index in [1.54, 1.807) is 0 Å². The maximum absolute atomic E-state index is 3.43. The summed E-state index contributed by atoms with van der Waals surface area (Å²) in [5.74, 6) is 0. The second-order valence-corrected chi connectivity index (χ2v) is 4.09. The summed E-state index contributed by atoms with van der Waals surface area (Å²) in [7, 11) is 0. The summed E-state index contributed by atoms with van der Waals surface area (Å²) in [5.41, 5.74) is 0.438. The highest BCUT2D eigenvalue weighted by Gasteiger charge is 2.07. The molecule has 0 atom stereocenters. The molecule has 0 bridgehead atoms. The van der Waals surface area contributed by atoms with Gasteiger partial charge in [0.05, 0.1) is 0 Å². The SMILES string of the molecule is CCCCNCC(C)(C)C. The van der Waals surface area contributed by atoms with Gasteiger partial charge in [-0.15, -0.1) is 0 Å². The lowest BCUT2D eigenvalue weighted by Crippen LogP contribution is -2.27. The zero-order valence-corrected chi connectivity index (χ0v) is 7.83. The van der Waals surface area contributed by atoms with E-state index >= 15 is 0 Å². The van der Waals surface area contributed by atoms with Gasteiger partial charge < -0.3 is 5.32 Å². The van der Waals surface area contributed by atoms with E-state index in [-0.39, 0.29) is 0 Å². The molecule has 0 saturated carbocycles. The largest absolute Gasteiger partial charge is 0.316 e. The smallest absolute Gasteiger partial charge is 0.0000126 e. The van der Waals surface area contributed by atoms with Crippen LogP contribution in [0.25, 0.3) is 0 Å². The average Bonchev–Trinajstić information content (AvgIpc) is 1.78. The van der Waals surface area contributed by atoms with Gasteiger partial charge in [0.25, 0.3) is 0 Å². The van der Waals surface area contributed by atoms with Crippen LogP contribution in [0.2, 0.25) is 0 Å². The van der Waals surface area contributed by atoms with Gasteiger partial charge >= 0.3 is 0 Å². The second-order valence-electron chi connectivity index (χ2n) is 4.09. The van der Waals surface area contributed by atoms with E-state index < -0.39 is 0 Å². The van der Waals surface area contributed by atoms with Gasteiger partial charge in [0, 0.05) is 0 Å². The van der Waals surface area contributed by atoms with Gasteiger partial charge in [-0.1, -0.05) is 34.1 Å². The molecule has 0 spiro atoms. The van der Waals surface area contributed by atoms with E-state index in [1.165, 1.54) is 19.4 Å². The third-order valence-electron chi connectivity index (χ3n) is 1.36. The van der Waals surface area contributed by atoms with Gasteiger partial charge in [0.1, 0.15) is 0 Å². The number of hydrogen-bond donors (Lipinski definition) is 1. The zero-order chi connectivity index (χ0) is 8.04. The standard InChI is InChI=1S/C9H21N/c1-5-6-7-10-8-9(2,3)4/h10H,5-8H2,1-4H3. The predicted octanol–water partition coefficient (Wildman–Crippen LogP) is 2.42. The van der Waals surface area contributed by atoms with Gasteiger partial charge in [-0.25, -0.2) is 0 Å². The van der Waals surface area contributed by atoms with Gasteiger partial charge in [0.2, 0.25) is 0 Å². The second kappa shape index (κ2) is 4.73. The molecule has 0 fully saturated rings. The summed E-state index contributed by atoms with van der Waals surface area (Å²) in [4.78, 5) is 0. The van der Waals surface area contributed by atoms with Crippen molar-refractivity contribution in [2.45, 2.75) is 40.5 Å². The minimum absolute atomic E-state index is 0.438. The van der Waals surface area contributed by atoms with E-state index in [2.05, 4.69) is 33.0 Å². The van der Waals surface area contributed by atoms with Crippen molar-refractivity contribution in [1.29, 1.82) is 0 Å². The summed E-state index contributed by atoms with van der Waals surface area (Å²) >= 11 is 0. The van der Waals surface area contributed by atoms with Crippen molar-refractivity contribution in [1.82, 2.24) is 5.32 Å². The lowest BCUT2D eigenvalue weighted by Gasteiger charge is -2.18. The van der Waals surface area contributed by atoms with Crippen molar-refractivity contribution < 1.29 is 0 Å². The number of nitrogens with one attached hydrogen (secondary N) is 1. The molecule has 0 aromatic rings. The van der Waals surface area contributed by atoms with Gasteiger partial charge in [-0.2, -0.15) is 0 Å². The Hall–Kier alpha value is -0.0400. The highest BCUT2D eigenvalue weighted by atomic mass is 14.9. The molecule has 1 N–H and O–H groups in total. The molecule has 0 unspecified atom stereocenters. The molecule has 10 heavy (non-hydrogen) atoms. The van der Waals surface area contributed by atoms with Crippen LogP contribution in [0.1, 0.15) is 40.5 Å². The molecule has 0 aliphatic carbocycles. The molecule has 0 saturated heterocycles. The van der Waals surface area contributed by atoms with Crippen LogP contribution in [0.5, 0.6) is 0 Å². The maximum Gasteiger partial charge on any atom is -0.0000126 e. The molecule has 62 valence electrons. The van der Waals surface area contributed by atoms with Crippen molar-refractivity contribution >= 4 is 0 Å². The summed E-state index contributed by atoms with van der Waals surface area (Å²) in [5, 5.41) is 3.43. The maximum atomic E-state index is 3.43. The quantitative estimate of drug-likeness (QED) is 0.596. The van der Waals surface area contributed by atoms with E-state index in [4.69, 9.17) is 0 Å².